The van der Waals surface area contributed by atoms with Gasteiger partial charge in [0.2, 0.25) is 0 Å². The number of thiazole rings is 1. The highest BCUT2D eigenvalue weighted by Crippen LogP contribution is 2.37. The topological polar surface area (TPSA) is 50.2 Å². The molecule has 1 N–H and O–H groups in total. The first kappa shape index (κ1) is 12.6. The lowest BCUT2D eigenvalue weighted by molar-refractivity contribution is 0.0689. The molecular formula is C13H19NO2S. The molecule has 1 saturated carbocycles. The quantitative estimate of drug-likeness (QED) is 0.833. The van der Waals surface area contributed by atoms with E-state index in [9.17, 15) is 9.90 Å². The number of rotatable bonds is 3. The highest BCUT2D eigenvalue weighted by molar-refractivity contribution is 7.12. The van der Waals surface area contributed by atoms with E-state index in [4.69, 9.17) is 0 Å². The van der Waals surface area contributed by atoms with Crippen molar-refractivity contribution >= 4 is 17.3 Å². The largest absolute Gasteiger partial charge is 0.476 e. The minimum absolute atomic E-state index is 0.318. The maximum absolute atomic E-state index is 11.2. The minimum atomic E-state index is -0.861. The normalized spacial score (nSPS) is 17.9. The third-order valence-corrected chi connectivity index (χ3v) is 4.79. The first-order chi connectivity index (χ1) is 8.22. The Morgan fingerprint density at radius 1 is 1.35 bits per heavy atom. The van der Waals surface area contributed by atoms with Crippen molar-refractivity contribution in [1.82, 2.24) is 4.98 Å². The molecule has 0 unspecified atom stereocenters. The number of hydrogen-bond acceptors (Lipinski definition) is 3. The first-order valence-electron chi connectivity index (χ1n) is 6.45. The van der Waals surface area contributed by atoms with Crippen LogP contribution in [0.1, 0.15) is 71.7 Å². The van der Waals surface area contributed by atoms with Crippen molar-refractivity contribution in [3.63, 3.8) is 0 Å². The standard InChI is InChI=1S/C13H19NO2S/c1-2-10-14-11(13(15)16)12(17-10)9-7-5-3-4-6-8-9/h9H,2-8H2,1H3,(H,15,16). The predicted octanol–water partition coefficient (Wildman–Crippen LogP) is 3.84. The lowest BCUT2D eigenvalue weighted by Crippen LogP contribution is -2.05. The molecule has 3 nitrogen and oxygen atoms in total. The van der Waals surface area contributed by atoms with Gasteiger partial charge in [-0.2, -0.15) is 0 Å². The second-order valence-electron chi connectivity index (χ2n) is 4.67. The summed E-state index contributed by atoms with van der Waals surface area (Å²) in [4.78, 5) is 16.5. The van der Waals surface area contributed by atoms with Crippen LogP contribution in [0.15, 0.2) is 0 Å². The SMILES string of the molecule is CCc1nc(C(=O)O)c(C2CCCCCC2)s1. The van der Waals surface area contributed by atoms with E-state index in [2.05, 4.69) is 4.98 Å². The molecule has 1 aromatic rings. The molecule has 4 heteroatoms. The molecule has 0 spiro atoms. The van der Waals surface area contributed by atoms with Gasteiger partial charge in [-0.1, -0.05) is 32.6 Å². The highest BCUT2D eigenvalue weighted by atomic mass is 32.1. The lowest BCUT2D eigenvalue weighted by Gasteiger charge is -2.11. The van der Waals surface area contributed by atoms with Gasteiger partial charge in [-0.15, -0.1) is 11.3 Å². The van der Waals surface area contributed by atoms with Crippen LogP contribution in [0.4, 0.5) is 0 Å². The van der Waals surface area contributed by atoms with Crippen LogP contribution in [-0.2, 0) is 6.42 Å². The van der Waals surface area contributed by atoms with Crippen LogP contribution in [0, 0.1) is 0 Å². The summed E-state index contributed by atoms with van der Waals surface area (Å²) in [7, 11) is 0. The van der Waals surface area contributed by atoms with Crippen molar-refractivity contribution in [3.8, 4) is 0 Å². The van der Waals surface area contributed by atoms with Crippen LogP contribution in [0.25, 0.3) is 0 Å². The van der Waals surface area contributed by atoms with E-state index in [-0.39, 0.29) is 0 Å². The summed E-state index contributed by atoms with van der Waals surface area (Å²) in [6.07, 6.45) is 8.12. The van der Waals surface area contributed by atoms with Gasteiger partial charge in [0.05, 0.1) is 5.01 Å². The Morgan fingerprint density at radius 3 is 2.53 bits per heavy atom. The van der Waals surface area contributed by atoms with Gasteiger partial charge in [-0.3, -0.25) is 0 Å². The van der Waals surface area contributed by atoms with Gasteiger partial charge in [0, 0.05) is 4.88 Å². The molecule has 94 valence electrons. The molecule has 0 aromatic carbocycles. The molecule has 2 rings (SSSR count). The number of carbonyl (C=O) groups is 1. The number of aromatic carboxylic acids is 1. The summed E-state index contributed by atoms with van der Waals surface area (Å²) >= 11 is 1.61. The number of aryl methyl sites for hydroxylation is 1. The maximum atomic E-state index is 11.2. The second-order valence-corrected chi connectivity index (χ2v) is 5.78. The van der Waals surface area contributed by atoms with Crippen LogP contribution in [0.3, 0.4) is 0 Å². The summed E-state index contributed by atoms with van der Waals surface area (Å²) in [6, 6.07) is 0. The molecule has 1 heterocycles. The van der Waals surface area contributed by atoms with Crippen LogP contribution in [0.2, 0.25) is 0 Å². The van der Waals surface area contributed by atoms with Crippen LogP contribution in [0.5, 0.6) is 0 Å². The Balaban J connectivity index is 2.28. The van der Waals surface area contributed by atoms with E-state index in [0.717, 1.165) is 29.1 Å². The Kier molecular flexibility index (Phi) is 4.15. The average Bonchev–Trinajstić information content (AvgIpc) is 2.57. The molecular weight excluding hydrogens is 234 g/mol. The Bertz CT molecular complexity index is 392. The molecule has 0 bridgehead atoms. The Labute approximate surface area is 106 Å². The third-order valence-electron chi connectivity index (χ3n) is 3.43. The summed E-state index contributed by atoms with van der Waals surface area (Å²) in [6.45, 7) is 2.03. The van der Waals surface area contributed by atoms with Gasteiger partial charge in [-0.25, -0.2) is 9.78 Å². The van der Waals surface area contributed by atoms with E-state index in [1.807, 2.05) is 6.92 Å². The number of carboxylic acids is 1. The first-order valence-corrected chi connectivity index (χ1v) is 7.27. The molecule has 0 atom stereocenters. The van der Waals surface area contributed by atoms with Crippen molar-refractivity contribution in [2.24, 2.45) is 0 Å². The molecule has 1 aromatic heterocycles. The van der Waals surface area contributed by atoms with Gasteiger partial charge < -0.3 is 5.11 Å². The molecule has 0 saturated heterocycles. The van der Waals surface area contributed by atoms with Crippen molar-refractivity contribution in [2.45, 2.75) is 57.8 Å². The predicted molar refractivity (Wildman–Crippen MR) is 68.9 cm³/mol. The lowest BCUT2D eigenvalue weighted by atomic mass is 9.97. The van der Waals surface area contributed by atoms with E-state index in [1.165, 1.54) is 25.7 Å². The van der Waals surface area contributed by atoms with E-state index < -0.39 is 5.97 Å². The fraction of sp³-hybridized carbons (Fsp3) is 0.692. The monoisotopic (exact) mass is 253 g/mol. The molecule has 17 heavy (non-hydrogen) atoms. The Morgan fingerprint density at radius 2 is 2.00 bits per heavy atom. The third kappa shape index (κ3) is 2.86. The summed E-state index contributed by atoms with van der Waals surface area (Å²) in [5.41, 5.74) is 0.318. The van der Waals surface area contributed by atoms with E-state index >= 15 is 0 Å². The van der Waals surface area contributed by atoms with Gasteiger partial charge in [0.15, 0.2) is 5.69 Å². The van der Waals surface area contributed by atoms with Crippen LogP contribution < -0.4 is 0 Å². The highest BCUT2D eigenvalue weighted by Gasteiger charge is 2.24. The van der Waals surface area contributed by atoms with E-state index in [1.54, 1.807) is 11.3 Å². The van der Waals surface area contributed by atoms with Crippen molar-refractivity contribution in [2.75, 3.05) is 0 Å². The van der Waals surface area contributed by atoms with Crippen LogP contribution in [-0.4, -0.2) is 16.1 Å². The van der Waals surface area contributed by atoms with Crippen LogP contribution >= 0.6 is 11.3 Å². The number of aromatic nitrogens is 1. The fourth-order valence-electron chi connectivity index (χ4n) is 2.50. The molecule has 0 radical (unpaired) electrons. The molecule has 0 amide bonds. The Hall–Kier alpha value is -0.900. The second kappa shape index (κ2) is 5.63. The van der Waals surface area contributed by atoms with Crippen molar-refractivity contribution < 1.29 is 9.90 Å². The summed E-state index contributed by atoms with van der Waals surface area (Å²) < 4.78 is 0. The minimum Gasteiger partial charge on any atom is -0.476 e. The van der Waals surface area contributed by atoms with Gasteiger partial charge in [0.25, 0.3) is 0 Å². The van der Waals surface area contributed by atoms with Gasteiger partial charge >= 0.3 is 5.97 Å². The fourth-order valence-corrected chi connectivity index (χ4v) is 3.67. The summed E-state index contributed by atoms with van der Waals surface area (Å²) in [5, 5.41) is 10.2. The molecule has 0 aliphatic heterocycles. The van der Waals surface area contributed by atoms with Crippen molar-refractivity contribution in [1.29, 1.82) is 0 Å². The zero-order valence-corrected chi connectivity index (χ0v) is 11.1. The smallest absolute Gasteiger partial charge is 0.355 e. The van der Waals surface area contributed by atoms with E-state index in [0.29, 0.717) is 11.6 Å². The number of nitrogens with zero attached hydrogens (tertiary/aromatic N) is 1. The van der Waals surface area contributed by atoms with Gasteiger partial charge in [-0.05, 0) is 25.2 Å². The molecule has 1 aliphatic rings. The zero-order valence-electron chi connectivity index (χ0n) is 10.2. The van der Waals surface area contributed by atoms with Crippen molar-refractivity contribution in [3.05, 3.63) is 15.6 Å². The number of carboxylic acid groups (broad SMARTS) is 1. The number of hydrogen-bond donors (Lipinski definition) is 1. The average molecular weight is 253 g/mol. The molecule has 1 aliphatic carbocycles. The summed E-state index contributed by atoms with van der Waals surface area (Å²) in [5.74, 6) is -0.429. The molecule has 1 fully saturated rings. The zero-order chi connectivity index (χ0) is 12.3. The maximum Gasteiger partial charge on any atom is 0.355 e. The van der Waals surface area contributed by atoms with Gasteiger partial charge in [0.1, 0.15) is 0 Å².